The fraction of sp³-hybridized carbons (Fsp3) is 0.429. The molecule has 8 nitrogen and oxygen atoms in total. The summed E-state index contributed by atoms with van der Waals surface area (Å²) >= 11 is 0. The highest BCUT2D eigenvalue weighted by Crippen LogP contribution is 2.34. The van der Waals surface area contributed by atoms with Crippen LogP contribution >= 0.6 is 0 Å². The van der Waals surface area contributed by atoms with E-state index in [9.17, 15) is 8.42 Å². The van der Waals surface area contributed by atoms with E-state index in [0.717, 1.165) is 61.7 Å². The maximum atomic E-state index is 12.9. The summed E-state index contributed by atoms with van der Waals surface area (Å²) in [4.78, 5) is 11.6. The Balaban J connectivity index is 1.31. The fourth-order valence-corrected chi connectivity index (χ4v) is 6.33. The fourth-order valence-electron chi connectivity index (χ4n) is 4.88. The van der Waals surface area contributed by atoms with Crippen LogP contribution in [0.4, 0.5) is 23.1 Å². The van der Waals surface area contributed by atoms with E-state index < -0.39 is 15.6 Å². The van der Waals surface area contributed by atoms with Crippen LogP contribution in [0, 0.1) is 5.92 Å². The summed E-state index contributed by atoms with van der Waals surface area (Å²) in [6, 6.07) is 15.5. The molecule has 3 aromatic rings. The average Bonchev–Trinajstić information content (AvgIpc) is 3.28. The van der Waals surface area contributed by atoms with E-state index >= 15 is 0 Å². The Morgan fingerprint density at radius 3 is 2.57 bits per heavy atom. The van der Waals surface area contributed by atoms with Crippen LogP contribution in [0.2, 0.25) is 0 Å². The monoisotopic (exact) mass is 521 g/mol. The molecule has 0 aliphatic carbocycles. The summed E-state index contributed by atoms with van der Waals surface area (Å²) in [6.07, 6.45) is 5.98. The Morgan fingerprint density at radius 1 is 1.08 bits per heavy atom. The summed E-state index contributed by atoms with van der Waals surface area (Å²) in [5.41, 5.74) is 3.53. The predicted molar refractivity (Wildman–Crippen MR) is 146 cm³/mol. The van der Waals surface area contributed by atoms with Crippen molar-refractivity contribution in [2.24, 2.45) is 5.92 Å². The van der Waals surface area contributed by atoms with Gasteiger partial charge in [0, 0.05) is 48.4 Å². The van der Waals surface area contributed by atoms with Gasteiger partial charge in [0.25, 0.3) is 0 Å². The van der Waals surface area contributed by atoms with Gasteiger partial charge in [-0.2, -0.15) is 4.98 Å². The normalized spacial score (nSPS) is 16.6. The van der Waals surface area contributed by atoms with Crippen molar-refractivity contribution in [3.8, 4) is 0 Å². The van der Waals surface area contributed by atoms with Crippen molar-refractivity contribution >= 4 is 33.2 Å². The lowest BCUT2D eigenvalue weighted by Gasteiger charge is -2.22. The van der Waals surface area contributed by atoms with Gasteiger partial charge in [-0.3, -0.25) is 0 Å². The van der Waals surface area contributed by atoms with Crippen molar-refractivity contribution in [3.05, 3.63) is 65.9 Å². The van der Waals surface area contributed by atoms with Gasteiger partial charge in [-0.05, 0) is 88.3 Å². The third kappa shape index (κ3) is 6.29. The predicted octanol–water partition coefficient (Wildman–Crippen LogP) is 4.96. The second kappa shape index (κ2) is 10.4. The standard InChI is InChI=1S/C28H35N5O3S/c1-28(2,3)32-37(34,35)25-6-4-5-24(18-25)33-14-11-22-19-29-27(31-26(22)33)30-23-9-7-20(8-10-23)17-21-12-15-36-16-13-21/h4-10,18-19,21,32H,11-17H2,1-3H3,(H,29,30,31). The van der Waals surface area contributed by atoms with E-state index in [1.54, 1.807) is 18.2 Å². The number of ether oxygens (including phenoxy) is 1. The molecular weight excluding hydrogens is 486 g/mol. The van der Waals surface area contributed by atoms with Crippen molar-refractivity contribution in [3.63, 3.8) is 0 Å². The van der Waals surface area contributed by atoms with Crippen molar-refractivity contribution in [1.82, 2.24) is 14.7 Å². The third-order valence-corrected chi connectivity index (χ3v) is 8.41. The zero-order chi connectivity index (χ0) is 26.0. The maximum absolute atomic E-state index is 12.9. The minimum absolute atomic E-state index is 0.238. The SMILES string of the molecule is CC(C)(C)NS(=O)(=O)c1cccc(N2CCc3cnc(Nc4ccc(CC5CCOCC5)cc4)nc32)c1. The van der Waals surface area contributed by atoms with E-state index in [2.05, 4.69) is 44.2 Å². The maximum Gasteiger partial charge on any atom is 0.241 e. The number of fused-ring (bicyclic) bond motifs is 1. The van der Waals surface area contributed by atoms with Gasteiger partial charge in [0.2, 0.25) is 16.0 Å². The molecular formula is C28H35N5O3S. The average molecular weight is 522 g/mol. The van der Waals surface area contributed by atoms with Crippen molar-refractivity contribution in [2.45, 2.75) is 56.9 Å². The number of nitrogens with zero attached hydrogens (tertiary/aromatic N) is 3. The summed E-state index contributed by atoms with van der Waals surface area (Å²) in [7, 11) is -3.64. The minimum atomic E-state index is -3.64. The first kappa shape index (κ1) is 25.6. The van der Waals surface area contributed by atoms with E-state index in [-0.39, 0.29) is 4.90 Å². The van der Waals surface area contributed by atoms with Crippen molar-refractivity contribution in [2.75, 3.05) is 30.0 Å². The van der Waals surface area contributed by atoms with Gasteiger partial charge in [0.15, 0.2) is 0 Å². The molecule has 196 valence electrons. The number of nitrogens with one attached hydrogen (secondary N) is 2. The van der Waals surface area contributed by atoms with Gasteiger partial charge in [-0.25, -0.2) is 18.1 Å². The summed E-state index contributed by atoms with van der Waals surface area (Å²) in [5, 5.41) is 3.32. The first-order chi connectivity index (χ1) is 17.7. The van der Waals surface area contributed by atoms with Gasteiger partial charge in [-0.15, -0.1) is 0 Å². The molecule has 9 heteroatoms. The lowest BCUT2D eigenvalue weighted by atomic mass is 9.92. The highest BCUT2D eigenvalue weighted by molar-refractivity contribution is 7.89. The van der Waals surface area contributed by atoms with E-state index in [0.29, 0.717) is 18.4 Å². The molecule has 1 fully saturated rings. The molecule has 0 amide bonds. The van der Waals surface area contributed by atoms with Crippen molar-refractivity contribution in [1.29, 1.82) is 0 Å². The zero-order valence-corrected chi connectivity index (χ0v) is 22.5. The quantitative estimate of drug-likeness (QED) is 0.454. The van der Waals surface area contributed by atoms with Gasteiger partial charge in [0.1, 0.15) is 5.82 Å². The van der Waals surface area contributed by atoms with E-state index in [4.69, 9.17) is 9.72 Å². The van der Waals surface area contributed by atoms with Gasteiger partial charge in [0.05, 0.1) is 4.90 Å². The molecule has 2 aromatic carbocycles. The molecule has 5 rings (SSSR count). The van der Waals surface area contributed by atoms with Gasteiger partial charge < -0.3 is 15.0 Å². The number of benzene rings is 2. The molecule has 0 saturated carbocycles. The first-order valence-corrected chi connectivity index (χ1v) is 14.4. The Bertz CT molecular complexity index is 1350. The Morgan fingerprint density at radius 2 is 1.84 bits per heavy atom. The molecule has 0 radical (unpaired) electrons. The van der Waals surface area contributed by atoms with Crippen LogP contribution in [-0.2, 0) is 27.6 Å². The number of rotatable bonds is 7. The van der Waals surface area contributed by atoms with Crippen molar-refractivity contribution < 1.29 is 13.2 Å². The summed E-state index contributed by atoms with van der Waals surface area (Å²) in [6.45, 7) is 7.93. The van der Waals surface area contributed by atoms with Crippen LogP contribution in [0.5, 0.6) is 0 Å². The van der Waals surface area contributed by atoms with Crippen LogP contribution in [0.25, 0.3) is 0 Å². The topological polar surface area (TPSA) is 96.5 Å². The Labute approximate surface area is 219 Å². The van der Waals surface area contributed by atoms with Gasteiger partial charge >= 0.3 is 0 Å². The molecule has 1 saturated heterocycles. The molecule has 2 aliphatic heterocycles. The molecule has 0 atom stereocenters. The largest absolute Gasteiger partial charge is 0.381 e. The highest BCUT2D eigenvalue weighted by Gasteiger charge is 2.26. The molecule has 37 heavy (non-hydrogen) atoms. The summed E-state index contributed by atoms with van der Waals surface area (Å²) < 4.78 is 34.0. The molecule has 3 heterocycles. The first-order valence-electron chi connectivity index (χ1n) is 12.9. The third-order valence-electron chi connectivity index (χ3n) is 6.66. The summed E-state index contributed by atoms with van der Waals surface area (Å²) in [5.74, 6) is 2.00. The van der Waals surface area contributed by atoms with E-state index in [1.807, 2.05) is 33.0 Å². The minimum Gasteiger partial charge on any atom is -0.381 e. The number of anilines is 4. The van der Waals surface area contributed by atoms with Crippen LogP contribution < -0.4 is 14.9 Å². The lowest BCUT2D eigenvalue weighted by Crippen LogP contribution is -2.40. The van der Waals surface area contributed by atoms with Crippen LogP contribution in [0.1, 0.15) is 44.7 Å². The highest BCUT2D eigenvalue weighted by atomic mass is 32.2. The lowest BCUT2D eigenvalue weighted by molar-refractivity contribution is 0.0665. The second-order valence-electron chi connectivity index (χ2n) is 10.9. The van der Waals surface area contributed by atoms with Crippen LogP contribution in [0.15, 0.2) is 59.6 Å². The molecule has 0 spiro atoms. The Hall–Kier alpha value is -3.01. The number of aromatic nitrogens is 2. The number of sulfonamides is 1. The number of hydrogen-bond acceptors (Lipinski definition) is 7. The second-order valence-corrected chi connectivity index (χ2v) is 12.6. The zero-order valence-electron chi connectivity index (χ0n) is 21.7. The molecule has 0 unspecified atom stereocenters. The smallest absolute Gasteiger partial charge is 0.241 e. The molecule has 2 aliphatic rings. The number of hydrogen-bond donors (Lipinski definition) is 2. The molecule has 2 N–H and O–H groups in total. The molecule has 1 aromatic heterocycles. The van der Waals surface area contributed by atoms with Crippen LogP contribution in [0.3, 0.4) is 0 Å². The Kier molecular flexibility index (Phi) is 7.20. The molecule has 0 bridgehead atoms. The van der Waals surface area contributed by atoms with Crippen LogP contribution in [-0.4, -0.2) is 43.7 Å². The van der Waals surface area contributed by atoms with E-state index in [1.165, 1.54) is 5.56 Å². The van der Waals surface area contributed by atoms with Gasteiger partial charge in [-0.1, -0.05) is 18.2 Å².